The van der Waals surface area contributed by atoms with E-state index in [9.17, 15) is 4.79 Å². The van der Waals surface area contributed by atoms with E-state index in [1.807, 2.05) is 55.5 Å². The molecule has 0 N–H and O–H groups in total. The molecule has 0 amide bonds. The summed E-state index contributed by atoms with van der Waals surface area (Å²) in [5.41, 5.74) is 4.35. The molecular formula is C27H23Cl2NO4. The molecule has 7 heteroatoms. The van der Waals surface area contributed by atoms with Crippen LogP contribution in [0.25, 0.3) is 22.1 Å². The Hall–Kier alpha value is -2.99. The summed E-state index contributed by atoms with van der Waals surface area (Å²) < 4.78 is 17.1. The van der Waals surface area contributed by atoms with Crippen LogP contribution in [0, 0.1) is 6.92 Å². The van der Waals surface area contributed by atoms with Crippen molar-refractivity contribution in [1.29, 1.82) is 0 Å². The molecule has 1 aliphatic heterocycles. The van der Waals surface area contributed by atoms with Crippen molar-refractivity contribution in [2.75, 3.05) is 20.4 Å². The standard InChI is InChI=1S/C27H23Cl2NO4/c1-16-21-9-10-24-22(14-30(15-33-24)12-11-17-3-6-19(28)13-23(17)29)26(21)34-27(31)25(16)18-4-7-20(32-2)8-5-18/h3-10,13H,11-12,14-15H2,1-2H3. The third kappa shape index (κ3) is 4.27. The van der Waals surface area contributed by atoms with Gasteiger partial charge in [0.1, 0.15) is 23.8 Å². The molecule has 4 aromatic rings. The second-order valence-corrected chi connectivity index (χ2v) is 9.19. The number of hydrogen-bond acceptors (Lipinski definition) is 5. The minimum atomic E-state index is -0.367. The van der Waals surface area contributed by atoms with Gasteiger partial charge in [-0.25, -0.2) is 4.79 Å². The molecule has 0 bridgehead atoms. The molecule has 0 fully saturated rings. The van der Waals surface area contributed by atoms with Crippen LogP contribution < -0.4 is 15.1 Å². The van der Waals surface area contributed by atoms with Gasteiger partial charge in [-0.15, -0.1) is 0 Å². The van der Waals surface area contributed by atoms with Crippen LogP contribution >= 0.6 is 23.2 Å². The van der Waals surface area contributed by atoms with Gasteiger partial charge in [0, 0.05) is 28.5 Å². The quantitative estimate of drug-likeness (QED) is 0.296. The zero-order valence-electron chi connectivity index (χ0n) is 18.9. The molecule has 0 radical (unpaired) electrons. The van der Waals surface area contributed by atoms with Gasteiger partial charge in [0.25, 0.3) is 0 Å². The molecule has 0 saturated heterocycles. The summed E-state index contributed by atoms with van der Waals surface area (Å²) in [7, 11) is 1.61. The Balaban J connectivity index is 1.46. The molecular weight excluding hydrogens is 473 g/mol. The number of methoxy groups -OCH3 is 1. The first-order chi connectivity index (χ1) is 16.4. The lowest BCUT2D eigenvalue weighted by Crippen LogP contribution is -2.33. The Bertz CT molecular complexity index is 1430. The number of ether oxygens (including phenoxy) is 2. The lowest BCUT2D eigenvalue weighted by atomic mass is 9.97. The van der Waals surface area contributed by atoms with Gasteiger partial charge in [-0.05, 0) is 66.4 Å². The average Bonchev–Trinajstić information content (AvgIpc) is 2.84. The Morgan fingerprint density at radius 3 is 2.59 bits per heavy atom. The first kappa shape index (κ1) is 22.8. The molecule has 174 valence electrons. The molecule has 0 saturated carbocycles. The van der Waals surface area contributed by atoms with Crippen LogP contribution in [-0.2, 0) is 13.0 Å². The molecule has 5 rings (SSSR count). The summed E-state index contributed by atoms with van der Waals surface area (Å²) in [6.45, 7) is 3.76. The van der Waals surface area contributed by atoms with Crippen LogP contribution in [0.15, 0.2) is 63.8 Å². The number of fused-ring (bicyclic) bond motifs is 3. The van der Waals surface area contributed by atoms with E-state index >= 15 is 0 Å². The highest BCUT2D eigenvalue weighted by Crippen LogP contribution is 2.36. The third-order valence-corrected chi connectivity index (χ3v) is 6.86. The Morgan fingerprint density at radius 1 is 1.06 bits per heavy atom. The molecule has 1 aromatic heterocycles. The van der Waals surface area contributed by atoms with Gasteiger partial charge in [-0.3, -0.25) is 4.90 Å². The van der Waals surface area contributed by atoms with Crippen molar-refractivity contribution < 1.29 is 13.9 Å². The van der Waals surface area contributed by atoms with Gasteiger partial charge < -0.3 is 13.9 Å². The minimum Gasteiger partial charge on any atom is -0.497 e. The molecule has 0 spiro atoms. The first-order valence-electron chi connectivity index (χ1n) is 11.0. The molecule has 0 unspecified atom stereocenters. The number of halogens is 2. The highest BCUT2D eigenvalue weighted by atomic mass is 35.5. The Kier molecular flexibility index (Phi) is 6.26. The Labute approximate surface area is 207 Å². The van der Waals surface area contributed by atoms with Crippen LogP contribution in [-0.4, -0.2) is 25.3 Å². The van der Waals surface area contributed by atoms with Crippen molar-refractivity contribution in [3.63, 3.8) is 0 Å². The van der Waals surface area contributed by atoms with Crippen molar-refractivity contribution >= 4 is 34.2 Å². The highest BCUT2D eigenvalue weighted by molar-refractivity contribution is 6.35. The summed E-state index contributed by atoms with van der Waals surface area (Å²) in [5.74, 6) is 1.48. The Morgan fingerprint density at radius 2 is 1.85 bits per heavy atom. The number of nitrogens with zero attached hydrogens (tertiary/aromatic N) is 1. The molecule has 5 nitrogen and oxygen atoms in total. The van der Waals surface area contributed by atoms with E-state index < -0.39 is 0 Å². The van der Waals surface area contributed by atoms with Gasteiger partial charge in [0.2, 0.25) is 0 Å². The maximum absolute atomic E-state index is 13.1. The van der Waals surface area contributed by atoms with Crippen molar-refractivity contribution in [2.24, 2.45) is 0 Å². The van der Waals surface area contributed by atoms with Crippen LogP contribution in [0.3, 0.4) is 0 Å². The van der Waals surface area contributed by atoms with E-state index in [4.69, 9.17) is 37.1 Å². The summed E-state index contributed by atoms with van der Waals surface area (Å²) in [6.07, 6.45) is 0.754. The normalized spacial score (nSPS) is 13.5. The van der Waals surface area contributed by atoms with E-state index in [1.54, 1.807) is 13.2 Å². The summed E-state index contributed by atoms with van der Waals surface area (Å²) >= 11 is 12.3. The second-order valence-electron chi connectivity index (χ2n) is 8.35. The van der Waals surface area contributed by atoms with Crippen LogP contribution in [0.4, 0.5) is 0 Å². The van der Waals surface area contributed by atoms with Crippen molar-refractivity contribution in [3.8, 4) is 22.6 Å². The number of benzene rings is 3. The van der Waals surface area contributed by atoms with Crippen molar-refractivity contribution in [3.05, 3.63) is 91.8 Å². The topological polar surface area (TPSA) is 51.9 Å². The zero-order chi connectivity index (χ0) is 23.8. The van der Waals surface area contributed by atoms with Gasteiger partial charge in [-0.1, -0.05) is 41.4 Å². The van der Waals surface area contributed by atoms with E-state index in [2.05, 4.69) is 4.90 Å². The second kappa shape index (κ2) is 9.34. The van der Waals surface area contributed by atoms with Gasteiger partial charge in [-0.2, -0.15) is 0 Å². The van der Waals surface area contributed by atoms with E-state index in [1.165, 1.54) is 0 Å². The van der Waals surface area contributed by atoms with E-state index in [0.29, 0.717) is 34.5 Å². The first-order valence-corrected chi connectivity index (χ1v) is 11.7. The molecule has 1 aliphatic rings. The molecule has 3 aromatic carbocycles. The predicted molar refractivity (Wildman–Crippen MR) is 135 cm³/mol. The van der Waals surface area contributed by atoms with Crippen LogP contribution in [0.1, 0.15) is 16.7 Å². The maximum atomic E-state index is 13.1. The number of hydrogen-bond donors (Lipinski definition) is 0. The molecule has 34 heavy (non-hydrogen) atoms. The van der Waals surface area contributed by atoms with Crippen LogP contribution in [0.5, 0.6) is 11.5 Å². The molecule has 0 aliphatic carbocycles. The van der Waals surface area contributed by atoms with Crippen molar-refractivity contribution in [2.45, 2.75) is 19.9 Å². The lowest BCUT2D eigenvalue weighted by Gasteiger charge is -2.29. The minimum absolute atomic E-state index is 0.367. The lowest BCUT2D eigenvalue weighted by molar-refractivity contribution is 0.0968. The largest absolute Gasteiger partial charge is 0.497 e. The summed E-state index contributed by atoms with van der Waals surface area (Å²) in [6, 6.07) is 16.9. The van der Waals surface area contributed by atoms with E-state index in [-0.39, 0.29) is 5.63 Å². The third-order valence-electron chi connectivity index (χ3n) is 6.27. The summed E-state index contributed by atoms with van der Waals surface area (Å²) in [4.78, 5) is 15.2. The smallest absolute Gasteiger partial charge is 0.344 e. The highest BCUT2D eigenvalue weighted by Gasteiger charge is 2.24. The van der Waals surface area contributed by atoms with Gasteiger partial charge >= 0.3 is 5.63 Å². The SMILES string of the molecule is COc1ccc(-c2c(C)c3ccc4c(c3oc2=O)CN(CCc2ccc(Cl)cc2Cl)CO4)cc1. The fraction of sp³-hybridized carbons (Fsp3) is 0.222. The van der Waals surface area contributed by atoms with E-state index in [0.717, 1.165) is 52.1 Å². The van der Waals surface area contributed by atoms with Crippen molar-refractivity contribution in [1.82, 2.24) is 4.90 Å². The number of rotatable bonds is 5. The predicted octanol–water partition coefficient (Wildman–Crippen LogP) is 6.48. The maximum Gasteiger partial charge on any atom is 0.344 e. The average molecular weight is 496 g/mol. The fourth-order valence-electron chi connectivity index (χ4n) is 4.41. The number of aryl methyl sites for hydroxylation is 1. The monoisotopic (exact) mass is 495 g/mol. The van der Waals surface area contributed by atoms with Gasteiger partial charge in [0.15, 0.2) is 0 Å². The molecule has 2 heterocycles. The summed E-state index contributed by atoms with van der Waals surface area (Å²) in [5, 5.41) is 2.18. The fourth-order valence-corrected chi connectivity index (χ4v) is 4.91. The van der Waals surface area contributed by atoms with Gasteiger partial charge in [0.05, 0.1) is 18.2 Å². The molecule has 0 atom stereocenters. The van der Waals surface area contributed by atoms with Crippen LogP contribution in [0.2, 0.25) is 10.0 Å². The zero-order valence-corrected chi connectivity index (χ0v) is 20.4.